The molecule has 0 nitrogen and oxygen atoms in total. The zero-order valence-corrected chi connectivity index (χ0v) is 12.9. The van der Waals surface area contributed by atoms with Crippen LogP contribution in [0.3, 0.4) is 0 Å². The van der Waals surface area contributed by atoms with E-state index in [1.807, 2.05) is 0 Å². The summed E-state index contributed by atoms with van der Waals surface area (Å²) in [4.78, 5) is 0. The van der Waals surface area contributed by atoms with Crippen LogP contribution in [0.5, 0.6) is 0 Å². The molecule has 0 N–H and O–H groups in total. The van der Waals surface area contributed by atoms with E-state index in [-0.39, 0.29) is 10.8 Å². The fourth-order valence-corrected chi connectivity index (χ4v) is 5.02. The van der Waals surface area contributed by atoms with Gasteiger partial charge in [-0.1, -0.05) is 60.5 Å². The van der Waals surface area contributed by atoms with Gasteiger partial charge in [-0.05, 0) is 42.4 Å². The summed E-state index contributed by atoms with van der Waals surface area (Å²) in [5, 5.41) is 0.168. The first-order valence-corrected chi connectivity index (χ1v) is 7.82. The number of fused-ring (bicyclic) bond motifs is 3. The van der Waals surface area contributed by atoms with Crippen LogP contribution in [0.2, 0.25) is 0 Å². The molecule has 0 spiro atoms. The molecule has 102 valence electrons. The van der Waals surface area contributed by atoms with E-state index in [2.05, 4.69) is 63.2 Å². The molecule has 1 heteroatoms. The molecule has 20 heavy (non-hydrogen) atoms. The second-order valence-electron chi connectivity index (χ2n) is 6.54. The Morgan fingerprint density at radius 1 is 0.950 bits per heavy atom. The van der Waals surface area contributed by atoms with Crippen molar-refractivity contribution in [2.24, 2.45) is 11.8 Å². The summed E-state index contributed by atoms with van der Waals surface area (Å²) < 4.78 is 0. The minimum atomic E-state index is 0.168. The molecular formula is C19H19Cl. The predicted octanol–water partition coefficient (Wildman–Crippen LogP) is 5.15. The van der Waals surface area contributed by atoms with Crippen molar-refractivity contribution < 1.29 is 0 Å². The van der Waals surface area contributed by atoms with Crippen molar-refractivity contribution in [3.05, 3.63) is 70.3 Å². The fourth-order valence-electron chi connectivity index (χ4n) is 4.42. The summed E-state index contributed by atoms with van der Waals surface area (Å²) >= 11 is 6.77. The van der Waals surface area contributed by atoms with Crippen molar-refractivity contribution in [1.82, 2.24) is 0 Å². The van der Waals surface area contributed by atoms with E-state index < -0.39 is 0 Å². The molecule has 1 fully saturated rings. The van der Waals surface area contributed by atoms with Gasteiger partial charge in [0.25, 0.3) is 0 Å². The molecule has 0 radical (unpaired) electrons. The van der Waals surface area contributed by atoms with Crippen LogP contribution in [0.1, 0.15) is 40.1 Å². The molecule has 0 aromatic heterocycles. The summed E-state index contributed by atoms with van der Waals surface area (Å²) in [5.41, 5.74) is 7.05. The van der Waals surface area contributed by atoms with Crippen molar-refractivity contribution in [3.63, 3.8) is 0 Å². The smallest absolute Gasteiger partial charge is 0.0631 e. The molecule has 1 saturated carbocycles. The quantitative estimate of drug-likeness (QED) is 0.635. The predicted molar refractivity (Wildman–Crippen MR) is 84.4 cm³/mol. The maximum absolute atomic E-state index is 6.77. The number of halogens is 1. The van der Waals surface area contributed by atoms with Gasteiger partial charge >= 0.3 is 0 Å². The molecular weight excluding hydrogens is 264 g/mol. The number of alkyl halides is 1. The standard InChI is InChI=1S/C19H19Cl/c1-11-4-7-14(8-5-11)19-13(3)17(19)18(20)15-10-12(2)6-9-16(15)19/h4-10,13,17-18H,1-3H3/t13-,17?,18+,19+/m0/s1. The third-order valence-corrected chi connectivity index (χ3v) is 5.97. The summed E-state index contributed by atoms with van der Waals surface area (Å²) in [5.74, 6) is 1.20. The first-order valence-electron chi connectivity index (χ1n) is 7.39. The van der Waals surface area contributed by atoms with Crippen LogP contribution in [-0.4, -0.2) is 0 Å². The van der Waals surface area contributed by atoms with Crippen LogP contribution in [0.15, 0.2) is 42.5 Å². The van der Waals surface area contributed by atoms with Gasteiger partial charge in [-0.3, -0.25) is 0 Å². The molecule has 0 saturated heterocycles. The van der Waals surface area contributed by atoms with Crippen molar-refractivity contribution in [2.45, 2.75) is 31.6 Å². The summed E-state index contributed by atoms with van der Waals surface area (Å²) in [6, 6.07) is 15.9. The van der Waals surface area contributed by atoms with Gasteiger partial charge in [0, 0.05) is 5.41 Å². The molecule has 2 aromatic rings. The Morgan fingerprint density at radius 2 is 1.60 bits per heavy atom. The van der Waals surface area contributed by atoms with Crippen LogP contribution in [0.4, 0.5) is 0 Å². The molecule has 2 aliphatic carbocycles. The molecule has 2 aliphatic rings. The highest BCUT2D eigenvalue weighted by Crippen LogP contribution is 2.74. The Hall–Kier alpha value is -1.27. The molecule has 0 bridgehead atoms. The van der Waals surface area contributed by atoms with Gasteiger partial charge < -0.3 is 0 Å². The number of hydrogen-bond acceptors (Lipinski definition) is 0. The topological polar surface area (TPSA) is 0 Å². The largest absolute Gasteiger partial charge is 0.117 e. The number of benzene rings is 2. The van der Waals surface area contributed by atoms with Gasteiger partial charge in [-0.15, -0.1) is 11.6 Å². The van der Waals surface area contributed by atoms with Crippen LogP contribution >= 0.6 is 11.6 Å². The summed E-state index contributed by atoms with van der Waals surface area (Å²) in [6.45, 7) is 6.64. The Balaban J connectivity index is 1.93. The van der Waals surface area contributed by atoms with Gasteiger partial charge in [0.2, 0.25) is 0 Å². The highest BCUT2D eigenvalue weighted by Gasteiger charge is 2.70. The van der Waals surface area contributed by atoms with E-state index in [1.54, 1.807) is 0 Å². The van der Waals surface area contributed by atoms with E-state index in [1.165, 1.54) is 27.8 Å². The molecule has 0 amide bonds. The monoisotopic (exact) mass is 282 g/mol. The molecule has 4 atom stereocenters. The molecule has 1 unspecified atom stereocenters. The minimum absolute atomic E-state index is 0.168. The van der Waals surface area contributed by atoms with E-state index in [4.69, 9.17) is 11.6 Å². The molecule has 0 heterocycles. The van der Waals surface area contributed by atoms with Gasteiger partial charge in [0.1, 0.15) is 0 Å². The van der Waals surface area contributed by atoms with Gasteiger partial charge in [-0.2, -0.15) is 0 Å². The number of aryl methyl sites for hydroxylation is 2. The summed E-state index contributed by atoms with van der Waals surface area (Å²) in [6.07, 6.45) is 0. The Morgan fingerprint density at radius 3 is 2.30 bits per heavy atom. The van der Waals surface area contributed by atoms with E-state index in [0.717, 1.165) is 0 Å². The first-order chi connectivity index (χ1) is 9.56. The number of rotatable bonds is 1. The lowest BCUT2D eigenvalue weighted by Gasteiger charge is -2.19. The van der Waals surface area contributed by atoms with Crippen LogP contribution in [0, 0.1) is 25.7 Å². The average molecular weight is 283 g/mol. The third-order valence-electron chi connectivity index (χ3n) is 5.47. The van der Waals surface area contributed by atoms with Crippen LogP contribution < -0.4 is 0 Å². The van der Waals surface area contributed by atoms with E-state index >= 15 is 0 Å². The van der Waals surface area contributed by atoms with Crippen molar-refractivity contribution >= 4 is 11.6 Å². The number of hydrogen-bond donors (Lipinski definition) is 0. The zero-order chi connectivity index (χ0) is 14.1. The Kier molecular flexibility index (Phi) is 2.42. The van der Waals surface area contributed by atoms with Crippen LogP contribution in [-0.2, 0) is 5.41 Å². The minimum Gasteiger partial charge on any atom is -0.117 e. The normalized spacial score (nSPS) is 33.7. The van der Waals surface area contributed by atoms with Gasteiger partial charge in [0.15, 0.2) is 0 Å². The second kappa shape index (κ2) is 3.89. The highest BCUT2D eigenvalue weighted by atomic mass is 35.5. The SMILES string of the molecule is Cc1ccc([C@]23c4ccc(C)cc4[C@@H](Cl)C2[C@@H]3C)cc1. The second-order valence-corrected chi connectivity index (χ2v) is 7.01. The average Bonchev–Trinajstić information content (AvgIpc) is 2.95. The molecule has 0 aliphatic heterocycles. The van der Waals surface area contributed by atoms with Gasteiger partial charge in [-0.25, -0.2) is 0 Å². The fraction of sp³-hybridized carbons (Fsp3) is 0.368. The maximum Gasteiger partial charge on any atom is 0.0631 e. The van der Waals surface area contributed by atoms with Crippen molar-refractivity contribution in [1.29, 1.82) is 0 Å². The maximum atomic E-state index is 6.77. The Bertz CT molecular complexity index is 685. The van der Waals surface area contributed by atoms with Gasteiger partial charge in [0.05, 0.1) is 5.38 Å². The Labute approximate surface area is 125 Å². The lowest BCUT2D eigenvalue weighted by molar-refractivity contribution is 0.729. The van der Waals surface area contributed by atoms with E-state index in [0.29, 0.717) is 11.8 Å². The zero-order valence-electron chi connectivity index (χ0n) is 12.2. The third kappa shape index (κ3) is 1.33. The van der Waals surface area contributed by atoms with E-state index in [9.17, 15) is 0 Å². The molecule has 4 rings (SSSR count). The van der Waals surface area contributed by atoms with Crippen molar-refractivity contribution in [3.8, 4) is 0 Å². The van der Waals surface area contributed by atoms with Crippen LogP contribution in [0.25, 0.3) is 0 Å². The lowest BCUT2D eigenvalue weighted by Crippen LogP contribution is -2.11. The van der Waals surface area contributed by atoms with Crippen molar-refractivity contribution in [2.75, 3.05) is 0 Å². The summed E-state index contributed by atoms with van der Waals surface area (Å²) in [7, 11) is 0. The first kappa shape index (κ1) is 12.5. The molecule has 2 aromatic carbocycles. The lowest BCUT2D eigenvalue weighted by atomic mass is 9.85. The highest BCUT2D eigenvalue weighted by molar-refractivity contribution is 6.22.